The lowest BCUT2D eigenvalue weighted by molar-refractivity contribution is 0.108. The van der Waals surface area contributed by atoms with Gasteiger partial charge in [-0.3, -0.25) is 0 Å². The zero-order valence-corrected chi connectivity index (χ0v) is 10.7. The van der Waals surface area contributed by atoms with Gasteiger partial charge in [-0.05, 0) is 43.1 Å². The van der Waals surface area contributed by atoms with Crippen LogP contribution in [0.3, 0.4) is 0 Å². The van der Waals surface area contributed by atoms with Gasteiger partial charge in [-0.25, -0.2) is 4.79 Å². The highest BCUT2D eigenvalue weighted by Crippen LogP contribution is 2.70. The van der Waals surface area contributed by atoms with Crippen molar-refractivity contribution in [1.29, 1.82) is 0 Å². The topological polar surface area (TPSA) is 66.6 Å². The van der Waals surface area contributed by atoms with Crippen LogP contribution in [0.4, 0.5) is 4.79 Å². The van der Waals surface area contributed by atoms with Crippen LogP contribution >= 0.6 is 0 Å². The van der Waals surface area contributed by atoms with Crippen molar-refractivity contribution in [2.24, 2.45) is 16.6 Å². The Hall–Kier alpha value is -0.770. The van der Waals surface area contributed by atoms with Crippen LogP contribution < -0.4 is 5.73 Å². The quantitative estimate of drug-likeness (QED) is 0.792. The molecule has 0 bridgehead atoms. The third-order valence-corrected chi connectivity index (χ3v) is 5.07. The molecule has 2 aliphatic rings. The standard InChI is InChI=1S/C13H24N2O2/c1-2-3-4-13(10-14)9-12(13)5-7-15(8-6-12)11(16)17/h2-10,14H2,1H3,(H,16,17). The van der Waals surface area contributed by atoms with Gasteiger partial charge in [0.1, 0.15) is 0 Å². The largest absolute Gasteiger partial charge is 0.465 e. The van der Waals surface area contributed by atoms with Crippen LogP contribution in [0.2, 0.25) is 0 Å². The van der Waals surface area contributed by atoms with Crippen LogP contribution in [-0.4, -0.2) is 35.7 Å². The van der Waals surface area contributed by atoms with Crippen LogP contribution in [0.5, 0.6) is 0 Å². The number of unbranched alkanes of at least 4 members (excludes halogenated alkanes) is 1. The number of piperidine rings is 1. The van der Waals surface area contributed by atoms with Crippen LogP contribution in [0.25, 0.3) is 0 Å². The zero-order valence-electron chi connectivity index (χ0n) is 10.7. The first kappa shape index (κ1) is 12.7. The summed E-state index contributed by atoms with van der Waals surface area (Å²) in [6, 6.07) is 0. The molecule has 17 heavy (non-hydrogen) atoms. The Morgan fingerprint density at radius 1 is 1.41 bits per heavy atom. The molecule has 2 rings (SSSR count). The van der Waals surface area contributed by atoms with Gasteiger partial charge in [0.05, 0.1) is 0 Å². The summed E-state index contributed by atoms with van der Waals surface area (Å²) in [4.78, 5) is 12.4. The fourth-order valence-electron chi connectivity index (χ4n) is 3.70. The second kappa shape index (κ2) is 4.48. The van der Waals surface area contributed by atoms with E-state index in [-0.39, 0.29) is 0 Å². The fourth-order valence-corrected chi connectivity index (χ4v) is 3.70. The van der Waals surface area contributed by atoms with Gasteiger partial charge in [0.25, 0.3) is 0 Å². The lowest BCUT2D eigenvalue weighted by Gasteiger charge is -2.34. The Morgan fingerprint density at radius 2 is 2.06 bits per heavy atom. The molecule has 0 aromatic carbocycles. The second-order valence-corrected chi connectivity index (χ2v) is 5.81. The molecule has 1 spiro atoms. The van der Waals surface area contributed by atoms with E-state index in [0.29, 0.717) is 23.9 Å². The number of carbonyl (C=O) groups is 1. The van der Waals surface area contributed by atoms with Crippen LogP contribution in [0, 0.1) is 10.8 Å². The van der Waals surface area contributed by atoms with E-state index in [1.54, 1.807) is 4.90 Å². The molecule has 0 aromatic rings. The maximum Gasteiger partial charge on any atom is 0.407 e. The monoisotopic (exact) mass is 240 g/mol. The van der Waals surface area contributed by atoms with Crippen molar-refractivity contribution in [3.05, 3.63) is 0 Å². The molecule has 1 amide bonds. The molecule has 4 nitrogen and oxygen atoms in total. The lowest BCUT2D eigenvalue weighted by atomic mass is 9.81. The van der Waals surface area contributed by atoms with Crippen molar-refractivity contribution >= 4 is 6.09 Å². The summed E-state index contributed by atoms with van der Waals surface area (Å²) >= 11 is 0. The molecular weight excluding hydrogens is 216 g/mol. The van der Waals surface area contributed by atoms with E-state index in [2.05, 4.69) is 6.92 Å². The molecule has 1 heterocycles. The fraction of sp³-hybridized carbons (Fsp3) is 0.923. The van der Waals surface area contributed by atoms with Gasteiger partial charge >= 0.3 is 6.09 Å². The van der Waals surface area contributed by atoms with E-state index in [0.717, 1.165) is 19.4 Å². The average Bonchev–Trinajstić information content (AvgIpc) is 2.95. The molecule has 4 heteroatoms. The summed E-state index contributed by atoms with van der Waals surface area (Å²) in [5.74, 6) is 0. The Labute approximate surface area is 103 Å². The molecule has 0 radical (unpaired) electrons. The smallest absolute Gasteiger partial charge is 0.407 e. The Balaban J connectivity index is 1.93. The number of likely N-dealkylation sites (tertiary alicyclic amines) is 1. The summed E-state index contributed by atoms with van der Waals surface area (Å²) in [5, 5.41) is 8.96. The number of carboxylic acid groups (broad SMARTS) is 1. The third-order valence-electron chi connectivity index (χ3n) is 5.07. The van der Waals surface area contributed by atoms with Crippen molar-refractivity contribution in [1.82, 2.24) is 4.90 Å². The van der Waals surface area contributed by atoms with E-state index in [1.807, 2.05) is 0 Å². The van der Waals surface area contributed by atoms with E-state index in [4.69, 9.17) is 10.8 Å². The highest BCUT2D eigenvalue weighted by molar-refractivity contribution is 5.65. The first-order chi connectivity index (χ1) is 8.09. The Kier molecular flexibility index (Phi) is 3.34. The molecule has 1 saturated carbocycles. The first-order valence-electron chi connectivity index (χ1n) is 6.77. The van der Waals surface area contributed by atoms with Gasteiger partial charge in [0.2, 0.25) is 0 Å². The second-order valence-electron chi connectivity index (χ2n) is 5.81. The molecule has 1 saturated heterocycles. The molecule has 3 N–H and O–H groups in total. The number of hydrogen-bond acceptors (Lipinski definition) is 2. The van der Waals surface area contributed by atoms with E-state index < -0.39 is 6.09 Å². The predicted octanol–water partition coefficient (Wildman–Crippen LogP) is 2.29. The zero-order chi connectivity index (χ0) is 12.5. The van der Waals surface area contributed by atoms with Crippen LogP contribution in [0.15, 0.2) is 0 Å². The molecule has 2 fully saturated rings. The highest BCUT2D eigenvalue weighted by atomic mass is 16.4. The minimum Gasteiger partial charge on any atom is -0.465 e. The molecular formula is C13H24N2O2. The summed E-state index contributed by atoms with van der Waals surface area (Å²) in [7, 11) is 0. The molecule has 0 aromatic heterocycles. The number of hydrogen-bond donors (Lipinski definition) is 2. The predicted molar refractivity (Wildman–Crippen MR) is 66.9 cm³/mol. The van der Waals surface area contributed by atoms with Gasteiger partial charge in [-0.15, -0.1) is 0 Å². The minimum atomic E-state index is -0.771. The van der Waals surface area contributed by atoms with Crippen molar-refractivity contribution in [2.45, 2.75) is 45.4 Å². The van der Waals surface area contributed by atoms with Crippen molar-refractivity contribution in [3.8, 4) is 0 Å². The third kappa shape index (κ3) is 2.03. The van der Waals surface area contributed by atoms with E-state index >= 15 is 0 Å². The van der Waals surface area contributed by atoms with Gasteiger partial charge in [-0.2, -0.15) is 0 Å². The van der Waals surface area contributed by atoms with Gasteiger partial charge in [-0.1, -0.05) is 19.8 Å². The van der Waals surface area contributed by atoms with Gasteiger partial charge in [0, 0.05) is 13.1 Å². The molecule has 1 aliphatic carbocycles. The Morgan fingerprint density at radius 3 is 2.53 bits per heavy atom. The number of nitrogens with two attached hydrogens (primary N) is 1. The Bertz CT molecular complexity index is 298. The number of rotatable bonds is 4. The maximum atomic E-state index is 10.9. The summed E-state index contributed by atoms with van der Waals surface area (Å²) in [6.45, 7) is 4.39. The van der Waals surface area contributed by atoms with Crippen molar-refractivity contribution < 1.29 is 9.90 Å². The first-order valence-corrected chi connectivity index (χ1v) is 6.77. The summed E-state index contributed by atoms with van der Waals surface area (Å²) in [5.41, 5.74) is 6.70. The van der Waals surface area contributed by atoms with Crippen molar-refractivity contribution in [3.63, 3.8) is 0 Å². The van der Waals surface area contributed by atoms with Crippen LogP contribution in [-0.2, 0) is 0 Å². The van der Waals surface area contributed by atoms with E-state index in [9.17, 15) is 4.79 Å². The number of nitrogens with zero attached hydrogens (tertiary/aromatic N) is 1. The van der Waals surface area contributed by atoms with Gasteiger partial charge in [0.15, 0.2) is 0 Å². The van der Waals surface area contributed by atoms with Crippen molar-refractivity contribution in [2.75, 3.05) is 19.6 Å². The molecule has 98 valence electrons. The molecule has 1 atom stereocenters. The molecule has 1 unspecified atom stereocenters. The number of amides is 1. The normalized spacial score (nSPS) is 30.6. The SMILES string of the molecule is CCCCC1(CN)CC12CCN(C(=O)O)CC2. The minimum absolute atomic E-state index is 0.341. The summed E-state index contributed by atoms with van der Waals surface area (Å²) in [6.07, 6.45) is 6.19. The highest BCUT2D eigenvalue weighted by Gasteiger charge is 2.65. The lowest BCUT2D eigenvalue weighted by Crippen LogP contribution is -2.40. The average molecular weight is 240 g/mol. The van der Waals surface area contributed by atoms with Crippen LogP contribution in [0.1, 0.15) is 45.4 Å². The summed E-state index contributed by atoms with van der Waals surface area (Å²) < 4.78 is 0. The molecule has 1 aliphatic heterocycles. The van der Waals surface area contributed by atoms with Gasteiger partial charge < -0.3 is 15.7 Å². The van der Waals surface area contributed by atoms with E-state index in [1.165, 1.54) is 25.7 Å². The maximum absolute atomic E-state index is 10.9.